The maximum atomic E-state index is 12.7. The highest BCUT2D eigenvalue weighted by Crippen LogP contribution is 2.30. The van der Waals surface area contributed by atoms with Crippen molar-refractivity contribution in [3.63, 3.8) is 0 Å². The Bertz CT molecular complexity index is 1130. The summed E-state index contributed by atoms with van der Waals surface area (Å²) in [7, 11) is 0. The quantitative estimate of drug-likeness (QED) is 0.577. The molecule has 2 heterocycles. The lowest BCUT2D eigenvalue weighted by Crippen LogP contribution is -2.34. The van der Waals surface area contributed by atoms with Crippen LogP contribution in [0.1, 0.15) is 35.7 Å². The molecule has 164 valence electrons. The molecule has 1 unspecified atom stereocenters. The molecule has 8 heteroatoms. The number of carbonyl (C=O) groups is 2. The maximum absolute atomic E-state index is 12.7. The van der Waals surface area contributed by atoms with Gasteiger partial charge in [0.05, 0.1) is 18.8 Å². The molecule has 1 aliphatic carbocycles. The van der Waals surface area contributed by atoms with Crippen LogP contribution in [0.25, 0.3) is 0 Å². The highest BCUT2D eigenvalue weighted by atomic mass is 16.2. The fourth-order valence-corrected chi connectivity index (χ4v) is 4.46. The zero-order valence-corrected chi connectivity index (χ0v) is 17.8. The number of nitrogens with zero attached hydrogens (tertiary/aromatic N) is 3. The van der Waals surface area contributed by atoms with Gasteiger partial charge in [0.25, 0.3) is 0 Å². The van der Waals surface area contributed by atoms with Gasteiger partial charge in [0.15, 0.2) is 0 Å². The number of carbonyl (C=O) groups excluding carboxylic acids is 2. The lowest BCUT2D eigenvalue weighted by molar-refractivity contribution is 0.247. The smallest absolute Gasteiger partial charge is 0.321 e. The first-order valence-electron chi connectivity index (χ1n) is 11.0. The molecule has 3 aromatic rings. The van der Waals surface area contributed by atoms with Crippen LogP contribution in [0.3, 0.4) is 0 Å². The predicted molar refractivity (Wildman–Crippen MR) is 123 cm³/mol. The van der Waals surface area contributed by atoms with Crippen molar-refractivity contribution in [3.8, 4) is 0 Å². The van der Waals surface area contributed by atoms with Gasteiger partial charge in [0.2, 0.25) is 0 Å². The summed E-state index contributed by atoms with van der Waals surface area (Å²) >= 11 is 0. The average Bonchev–Trinajstić information content (AvgIpc) is 3.41. The highest BCUT2D eigenvalue weighted by molar-refractivity contribution is 5.95. The van der Waals surface area contributed by atoms with Crippen LogP contribution >= 0.6 is 0 Å². The Balaban J connectivity index is 1.26. The number of aromatic nitrogens is 2. The van der Waals surface area contributed by atoms with Crippen LogP contribution in [0.5, 0.6) is 0 Å². The van der Waals surface area contributed by atoms with Crippen molar-refractivity contribution in [1.29, 1.82) is 0 Å². The zero-order valence-electron chi connectivity index (χ0n) is 17.8. The molecule has 0 spiro atoms. The van der Waals surface area contributed by atoms with E-state index in [-0.39, 0.29) is 18.1 Å². The number of hydrogen-bond donors (Lipinski definition) is 3. The van der Waals surface area contributed by atoms with Gasteiger partial charge in [-0.1, -0.05) is 36.4 Å². The number of fused-ring (bicyclic) bond motifs is 1. The summed E-state index contributed by atoms with van der Waals surface area (Å²) < 4.78 is 2.04. The first-order chi connectivity index (χ1) is 15.7. The van der Waals surface area contributed by atoms with E-state index in [1.54, 1.807) is 4.90 Å². The molecule has 1 saturated heterocycles. The first kappa shape index (κ1) is 20.1. The summed E-state index contributed by atoms with van der Waals surface area (Å²) in [5, 5.41) is 13.4. The van der Waals surface area contributed by atoms with E-state index >= 15 is 0 Å². The summed E-state index contributed by atoms with van der Waals surface area (Å²) in [5.41, 5.74) is 4.89. The Morgan fingerprint density at radius 1 is 1.16 bits per heavy atom. The van der Waals surface area contributed by atoms with E-state index in [4.69, 9.17) is 0 Å². The number of urea groups is 2. The van der Waals surface area contributed by atoms with Crippen molar-refractivity contribution in [1.82, 2.24) is 20.4 Å². The van der Waals surface area contributed by atoms with Crippen LogP contribution in [0, 0.1) is 0 Å². The minimum Gasteiger partial charge on any atom is -0.336 e. The van der Waals surface area contributed by atoms with E-state index in [0.717, 1.165) is 37.1 Å². The molecule has 3 N–H and O–H groups in total. The Morgan fingerprint density at radius 3 is 2.84 bits per heavy atom. The van der Waals surface area contributed by atoms with Gasteiger partial charge in [0.1, 0.15) is 0 Å². The maximum Gasteiger partial charge on any atom is 0.321 e. The van der Waals surface area contributed by atoms with Gasteiger partial charge in [0, 0.05) is 35.7 Å². The number of hydrogen-bond acceptors (Lipinski definition) is 3. The molecule has 2 aromatic carbocycles. The van der Waals surface area contributed by atoms with E-state index in [2.05, 4.69) is 33.2 Å². The van der Waals surface area contributed by atoms with Crippen molar-refractivity contribution in [2.75, 3.05) is 23.3 Å². The van der Waals surface area contributed by atoms with E-state index in [1.807, 2.05) is 53.3 Å². The Kier molecular flexibility index (Phi) is 5.49. The third-order valence-electron chi connectivity index (χ3n) is 6.02. The molecule has 4 amide bonds. The number of benzene rings is 2. The van der Waals surface area contributed by atoms with Crippen LogP contribution < -0.4 is 20.9 Å². The third-order valence-corrected chi connectivity index (χ3v) is 6.02. The van der Waals surface area contributed by atoms with Gasteiger partial charge in [-0.3, -0.25) is 9.58 Å². The topological polar surface area (TPSA) is 91.3 Å². The van der Waals surface area contributed by atoms with Crippen LogP contribution in [-0.2, 0) is 13.0 Å². The molecule has 0 radical (unpaired) electrons. The number of nitrogens with one attached hydrogen (secondary N) is 3. The molecule has 8 nitrogen and oxygen atoms in total. The molecule has 2 aliphatic rings. The van der Waals surface area contributed by atoms with Crippen molar-refractivity contribution in [2.45, 2.75) is 31.8 Å². The second-order valence-electron chi connectivity index (χ2n) is 8.17. The van der Waals surface area contributed by atoms with Crippen molar-refractivity contribution >= 4 is 23.4 Å². The van der Waals surface area contributed by atoms with Crippen LogP contribution in [0.2, 0.25) is 0 Å². The Morgan fingerprint density at radius 2 is 2.03 bits per heavy atom. The molecular formula is C24H26N6O2. The van der Waals surface area contributed by atoms with Crippen LogP contribution in [-0.4, -0.2) is 34.9 Å². The molecular weight excluding hydrogens is 404 g/mol. The molecule has 5 rings (SSSR count). The summed E-state index contributed by atoms with van der Waals surface area (Å²) in [4.78, 5) is 26.3. The molecule has 1 atom stereocenters. The number of amides is 4. The van der Waals surface area contributed by atoms with Crippen LogP contribution in [0.4, 0.5) is 21.0 Å². The summed E-state index contributed by atoms with van der Waals surface area (Å²) in [6.07, 6.45) is 4.72. The highest BCUT2D eigenvalue weighted by Gasteiger charge is 2.26. The summed E-state index contributed by atoms with van der Waals surface area (Å²) in [5.74, 6) is 0. The molecule has 1 aromatic heterocycles. The Hall–Kier alpha value is -3.81. The standard InChI is InChI=1S/C24H26N6O2/c31-23(27-18-8-4-9-19(14-18)29-13-12-25-24(29)32)28-21-10-5-11-22-20(21)15-26-30(22)16-17-6-2-1-3-7-17/h1-4,6-9,14-15,21H,5,10-13,16H2,(H,25,32)(H2,27,28,31). The van der Waals surface area contributed by atoms with Crippen molar-refractivity contribution in [3.05, 3.63) is 77.6 Å². The van der Waals surface area contributed by atoms with Crippen molar-refractivity contribution in [2.24, 2.45) is 0 Å². The summed E-state index contributed by atoms with van der Waals surface area (Å²) in [6.45, 7) is 1.97. The van der Waals surface area contributed by atoms with Gasteiger partial charge < -0.3 is 16.0 Å². The SMILES string of the molecule is O=C(Nc1cccc(N2CCNC2=O)c1)NC1CCCc2c1cnn2Cc1ccccc1. The van der Waals surface area contributed by atoms with Crippen molar-refractivity contribution < 1.29 is 9.59 Å². The molecule has 1 aliphatic heterocycles. The molecule has 0 saturated carbocycles. The van der Waals surface area contributed by atoms with Crippen LogP contribution in [0.15, 0.2) is 60.8 Å². The first-order valence-corrected chi connectivity index (χ1v) is 11.0. The van der Waals surface area contributed by atoms with E-state index in [9.17, 15) is 9.59 Å². The number of anilines is 2. The fourth-order valence-electron chi connectivity index (χ4n) is 4.46. The van der Waals surface area contributed by atoms with E-state index < -0.39 is 0 Å². The van der Waals surface area contributed by atoms with E-state index in [0.29, 0.717) is 18.8 Å². The average molecular weight is 431 g/mol. The fraction of sp³-hybridized carbons (Fsp3) is 0.292. The zero-order chi connectivity index (χ0) is 21.9. The summed E-state index contributed by atoms with van der Waals surface area (Å²) in [6, 6.07) is 17.2. The minimum absolute atomic E-state index is 0.0733. The van der Waals surface area contributed by atoms with E-state index in [1.165, 1.54) is 11.3 Å². The lowest BCUT2D eigenvalue weighted by atomic mass is 9.93. The Labute approximate surface area is 186 Å². The molecule has 0 bridgehead atoms. The second kappa shape index (κ2) is 8.74. The largest absolute Gasteiger partial charge is 0.336 e. The van der Waals surface area contributed by atoms with Gasteiger partial charge in [-0.25, -0.2) is 9.59 Å². The monoisotopic (exact) mass is 430 g/mol. The minimum atomic E-state index is -0.262. The molecule has 1 fully saturated rings. The third kappa shape index (κ3) is 4.16. The van der Waals surface area contributed by atoms with Gasteiger partial charge in [-0.2, -0.15) is 5.10 Å². The van der Waals surface area contributed by atoms with Gasteiger partial charge >= 0.3 is 12.1 Å². The van der Waals surface area contributed by atoms with Gasteiger partial charge in [-0.05, 0) is 43.0 Å². The number of rotatable bonds is 5. The lowest BCUT2D eigenvalue weighted by Gasteiger charge is -2.24. The normalized spacial score (nSPS) is 17.6. The molecule has 32 heavy (non-hydrogen) atoms. The predicted octanol–water partition coefficient (Wildman–Crippen LogP) is 3.66. The van der Waals surface area contributed by atoms with Gasteiger partial charge in [-0.15, -0.1) is 0 Å². The second-order valence-corrected chi connectivity index (χ2v) is 8.17.